The molecule has 1 amide bonds. The zero-order valence-electron chi connectivity index (χ0n) is 18.8. The zero-order valence-corrected chi connectivity index (χ0v) is 19.6. The molecule has 0 saturated carbocycles. The minimum Gasteiger partial charge on any atom is -0.484 e. The number of piperazine rings is 1. The Labute approximate surface area is 193 Å². The fourth-order valence-electron chi connectivity index (χ4n) is 4.00. The van der Waals surface area contributed by atoms with E-state index < -0.39 is 0 Å². The summed E-state index contributed by atoms with van der Waals surface area (Å²) in [6.45, 7) is 9.37. The number of anilines is 1. The Morgan fingerprint density at radius 1 is 1.12 bits per heavy atom. The van der Waals surface area contributed by atoms with Gasteiger partial charge in [-0.05, 0) is 63.4 Å². The van der Waals surface area contributed by atoms with Crippen molar-refractivity contribution < 1.29 is 9.53 Å². The van der Waals surface area contributed by atoms with Gasteiger partial charge in [-0.2, -0.15) is 0 Å². The molecule has 1 aliphatic rings. The van der Waals surface area contributed by atoms with Crippen LogP contribution in [0.15, 0.2) is 42.5 Å². The normalized spacial score (nSPS) is 15.4. The highest BCUT2D eigenvalue weighted by Crippen LogP contribution is 2.25. The fourth-order valence-corrected chi connectivity index (χ4v) is 4.12. The predicted octanol–water partition coefficient (Wildman–Crippen LogP) is 4.04. The van der Waals surface area contributed by atoms with Crippen molar-refractivity contribution in [2.45, 2.75) is 26.4 Å². The first-order valence-electron chi connectivity index (χ1n) is 11.0. The SMILES string of the molecule is CC(C)n1c(CN2CCN(C)CC2)nc2cc(NC(=O)COc3ccc(Cl)cc3)ccc21. The number of carbonyl (C=O) groups is 1. The number of ether oxygens (including phenoxy) is 1. The number of benzene rings is 2. The molecule has 1 aliphatic heterocycles. The molecule has 7 nitrogen and oxygen atoms in total. The lowest BCUT2D eigenvalue weighted by Crippen LogP contribution is -2.44. The van der Waals surface area contributed by atoms with Crippen LogP contribution in [-0.2, 0) is 11.3 Å². The molecule has 3 aromatic rings. The molecule has 0 unspecified atom stereocenters. The van der Waals surface area contributed by atoms with Crippen molar-refractivity contribution in [3.05, 3.63) is 53.3 Å². The van der Waals surface area contributed by atoms with Gasteiger partial charge in [-0.15, -0.1) is 0 Å². The maximum absolute atomic E-state index is 12.4. The Morgan fingerprint density at radius 3 is 2.53 bits per heavy atom. The molecule has 1 saturated heterocycles. The van der Waals surface area contributed by atoms with Crippen LogP contribution >= 0.6 is 11.6 Å². The topological polar surface area (TPSA) is 62.6 Å². The monoisotopic (exact) mass is 455 g/mol. The van der Waals surface area contributed by atoms with Crippen LogP contribution in [0.4, 0.5) is 5.69 Å². The van der Waals surface area contributed by atoms with Gasteiger partial charge in [-0.3, -0.25) is 9.69 Å². The number of likely N-dealkylation sites (N-methyl/N-ethyl adjacent to an activating group) is 1. The maximum Gasteiger partial charge on any atom is 0.262 e. The molecule has 1 N–H and O–H groups in total. The van der Waals surface area contributed by atoms with E-state index in [2.05, 4.69) is 40.6 Å². The van der Waals surface area contributed by atoms with Gasteiger partial charge in [0.05, 0.1) is 17.6 Å². The molecule has 170 valence electrons. The number of imidazole rings is 1. The third kappa shape index (κ3) is 5.41. The number of nitrogens with one attached hydrogen (secondary N) is 1. The molecular weight excluding hydrogens is 426 g/mol. The molecule has 8 heteroatoms. The van der Waals surface area contributed by atoms with Gasteiger partial charge in [0, 0.05) is 42.9 Å². The van der Waals surface area contributed by atoms with E-state index in [9.17, 15) is 4.79 Å². The van der Waals surface area contributed by atoms with E-state index in [0.717, 1.165) is 49.6 Å². The highest BCUT2D eigenvalue weighted by atomic mass is 35.5. The Morgan fingerprint density at radius 2 is 1.84 bits per heavy atom. The molecule has 1 aromatic heterocycles. The lowest BCUT2D eigenvalue weighted by atomic mass is 10.2. The van der Waals surface area contributed by atoms with E-state index in [-0.39, 0.29) is 12.5 Å². The number of hydrogen-bond donors (Lipinski definition) is 1. The van der Waals surface area contributed by atoms with Gasteiger partial charge in [0.25, 0.3) is 5.91 Å². The molecule has 0 bridgehead atoms. The Hall–Kier alpha value is -2.61. The minimum absolute atomic E-state index is 0.0746. The van der Waals surface area contributed by atoms with Crippen LogP contribution in [-0.4, -0.2) is 65.1 Å². The van der Waals surface area contributed by atoms with Gasteiger partial charge >= 0.3 is 0 Å². The molecular formula is C24H30ClN5O2. The molecule has 1 fully saturated rings. The van der Waals surface area contributed by atoms with E-state index in [4.69, 9.17) is 21.3 Å². The van der Waals surface area contributed by atoms with Gasteiger partial charge in [0.2, 0.25) is 0 Å². The first kappa shape index (κ1) is 22.6. The highest BCUT2D eigenvalue weighted by molar-refractivity contribution is 6.30. The number of rotatable bonds is 7. The van der Waals surface area contributed by atoms with Crippen molar-refractivity contribution in [3.8, 4) is 5.75 Å². The van der Waals surface area contributed by atoms with Crippen molar-refractivity contribution in [1.29, 1.82) is 0 Å². The molecule has 0 aliphatic carbocycles. The summed E-state index contributed by atoms with van der Waals surface area (Å²) in [6.07, 6.45) is 0. The molecule has 4 rings (SSSR count). The van der Waals surface area contributed by atoms with E-state index in [0.29, 0.717) is 22.5 Å². The van der Waals surface area contributed by atoms with Crippen LogP contribution in [0.2, 0.25) is 5.02 Å². The Bertz CT molecular complexity index is 1070. The summed E-state index contributed by atoms with van der Waals surface area (Å²) in [7, 11) is 2.16. The summed E-state index contributed by atoms with van der Waals surface area (Å²) < 4.78 is 7.82. The number of hydrogen-bond acceptors (Lipinski definition) is 5. The van der Waals surface area contributed by atoms with Gasteiger partial charge in [0.1, 0.15) is 11.6 Å². The number of carbonyl (C=O) groups excluding carboxylic acids is 1. The number of nitrogens with zero attached hydrogens (tertiary/aromatic N) is 4. The van der Waals surface area contributed by atoms with Gasteiger partial charge < -0.3 is 19.5 Å². The molecule has 0 spiro atoms. The van der Waals surface area contributed by atoms with E-state index in [1.54, 1.807) is 24.3 Å². The summed E-state index contributed by atoms with van der Waals surface area (Å²) >= 11 is 5.87. The third-order valence-corrected chi connectivity index (χ3v) is 5.96. The van der Waals surface area contributed by atoms with Crippen molar-refractivity contribution in [2.24, 2.45) is 0 Å². The average Bonchev–Trinajstić information content (AvgIpc) is 3.12. The molecule has 0 atom stereocenters. The Balaban J connectivity index is 1.45. The van der Waals surface area contributed by atoms with Crippen molar-refractivity contribution >= 4 is 34.2 Å². The maximum atomic E-state index is 12.4. The molecule has 0 radical (unpaired) electrons. The average molecular weight is 456 g/mol. The predicted molar refractivity (Wildman–Crippen MR) is 128 cm³/mol. The zero-order chi connectivity index (χ0) is 22.7. The lowest BCUT2D eigenvalue weighted by molar-refractivity contribution is -0.118. The van der Waals surface area contributed by atoms with Crippen molar-refractivity contribution in [1.82, 2.24) is 19.4 Å². The summed E-state index contributed by atoms with van der Waals surface area (Å²) in [5, 5.41) is 3.53. The van der Waals surface area contributed by atoms with E-state index in [1.807, 2.05) is 18.2 Å². The lowest BCUT2D eigenvalue weighted by Gasteiger charge is -2.32. The van der Waals surface area contributed by atoms with Gasteiger partial charge in [0.15, 0.2) is 6.61 Å². The highest BCUT2D eigenvalue weighted by Gasteiger charge is 2.19. The fraction of sp³-hybridized carbons (Fsp3) is 0.417. The summed E-state index contributed by atoms with van der Waals surface area (Å²) in [5.41, 5.74) is 2.68. The van der Waals surface area contributed by atoms with Crippen LogP contribution in [0.25, 0.3) is 11.0 Å². The van der Waals surface area contributed by atoms with Crippen LogP contribution in [0.5, 0.6) is 5.75 Å². The van der Waals surface area contributed by atoms with Crippen LogP contribution in [0, 0.1) is 0 Å². The summed E-state index contributed by atoms with van der Waals surface area (Å²) in [6, 6.07) is 13.1. The first-order chi connectivity index (χ1) is 15.4. The number of amides is 1. The van der Waals surface area contributed by atoms with Crippen LogP contribution in [0.1, 0.15) is 25.7 Å². The third-order valence-electron chi connectivity index (χ3n) is 5.71. The van der Waals surface area contributed by atoms with Crippen molar-refractivity contribution in [3.63, 3.8) is 0 Å². The van der Waals surface area contributed by atoms with Gasteiger partial charge in [-0.25, -0.2) is 4.98 Å². The minimum atomic E-state index is -0.222. The van der Waals surface area contributed by atoms with Crippen LogP contribution < -0.4 is 10.1 Å². The second-order valence-corrected chi connectivity index (χ2v) is 9.00. The summed E-state index contributed by atoms with van der Waals surface area (Å²) in [4.78, 5) is 22.1. The van der Waals surface area contributed by atoms with Crippen molar-refractivity contribution in [2.75, 3.05) is 45.2 Å². The second kappa shape index (κ2) is 9.90. The van der Waals surface area contributed by atoms with E-state index in [1.165, 1.54) is 0 Å². The number of aromatic nitrogens is 2. The number of halogens is 1. The smallest absolute Gasteiger partial charge is 0.262 e. The van der Waals surface area contributed by atoms with E-state index >= 15 is 0 Å². The van der Waals surface area contributed by atoms with Gasteiger partial charge in [-0.1, -0.05) is 11.6 Å². The Kier molecular flexibility index (Phi) is 6.98. The van der Waals surface area contributed by atoms with Crippen LogP contribution in [0.3, 0.4) is 0 Å². The molecule has 2 heterocycles. The quantitative estimate of drug-likeness (QED) is 0.582. The standard InChI is InChI=1S/C24H30ClN5O2/c1-17(2)30-22-9-6-19(26-24(31)16-32-20-7-4-18(25)5-8-20)14-21(22)27-23(30)15-29-12-10-28(3)11-13-29/h4-9,14,17H,10-13,15-16H2,1-3H3,(H,26,31). The second-order valence-electron chi connectivity index (χ2n) is 8.57. The molecule has 32 heavy (non-hydrogen) atoms. The largest absolute Gasteiger partial charge is 0.484 e. The first-order valence-corrected chi connectivity index (χ1v) is 11.4. The summed E-state index contributed by atoms with van der Waals surface area (Å²) in [5.74, 6) is 1.44. The number of fused-ring (bicyclic) bond motifs is 1. The molecule has 2 aromatic carbocycles.